The van der Waals surface area contributed by atoms with Crippen molar-refractivity contribution in [2.24, 2.45) is 0 Å². The Morgan fingerprint density at radius 2 is 1.86 bits per heavy atom. The van der Waals surface area contributed by atoms with Gasteiger partial charge in [0.05, 0.1) is 18.8 Å². The van der Waals surface area contributed by atoms with Gasteiger partial charge in [-0.25, -0.2) is 13.8 Å². The lowest BCUT2D eigenvalue weighted by molar-refractivity contribution is -0.0264. The second kappa shape index (κ2) is 5.58. The van der Waals surface area contributed by atoms with E-state index in [0.717, 1.165) is 0 Å². The van der Waals surface area contributed by atoms with Crippen LogP contribution in [-0.4, -0.2) is 46.9 Å². The Bertz CT molecular complexity index is 515. The number of anilines is 1. The summed E-state index contributed by atoms with van der Waals surface area (Å²) in [4.78, 5) is 20.1. The Morgan fingerprint density at radius 3 is 2.33 bits per heavy atom. The first-order valence-corrected chi connectivity index (χ1v) is 7.13. The standard InChI is InChI=1S/C15H21F2N3O/c1-10(2)20(11(3)4)14(21)13-12(6-5-7-18-13)19-8-15(16,17)9-19/h5-7,10-11H,8-9H2,1-4H3. The molecule has 116 valence electrons. The molecule has 1 amide bonds. The maximum absolute atomic E-state index is 13.1. The van der Waals surface area contributed by atoms with Gasteiger partial charge in [-0.05, 0) is 39.8 Å². The number of hydrogen-bond donors (Lipinski definition) is 0. The van der Waals surface area contributed by atoms with E-state index < -0.39 is 5.92 Å². The SMILES string of the molecule is CC(C)N(C(=O)c1ncccc1N1CC(F)(F)C1)C(C)C. The van der Waals surface area contributed by atoms with E-state index >= 15 is 0 Å². The molecule has 0 saturated carbocycles. The van der Waals surface area contributed by atoms with Gasteiger partial charge in [0.1, 0.15) is 0 Å². The van der Waals surface area contributed by atoms with E-state index in [1.54, 1.807) is 17.0 Å². The van der Waals surface area contributed by atoms with E-state index in [4.69, 9.17) is 0 Å². The van der Waals surface area contributed by atoms with Gasteiger partial charge in [0.25, 0.3) is 11.8 Å². The zero-order chi connectivity index (χ0) is 15.8. The van der Waals surface area contributed by atoms with E-state index in [1.807, 2.05) is 27.7 Å². The summed E-state index contributed by atoms with van der Waals surface area (Å²) in [7, 11) is 0. The molecule has 21 heavy (non-hydrogen) atoms. The fourth-order valence-corrected chi connectivity index (χ4v) is 2.69. The van der Waals surface area contributed by atoms with E-state index in [1.165, 1.54) is 11.1 Å². The monoisotopic (exact) mass is 297 g/mol. The van der Waals surface area contributed by atoms with E-state index in [2.05, 4.69) is 4.98 Å². The van der Waals surface area contributed by atoms with Crippen LogP contribution in [0.15, 0.2) is 18.3 Å². The molecule has 0 unspecified atom stereocenters. The van der Waals surface area contributed by atoms with Crippen molar-refractivity contribution in [2.75, 3.05) is 18.0 Å². The van der Waals surface area contributed by atoms with E-state index in [-0.39, 0.29) is 36.8 Å². The molecule has 1 aliphatic heterocycles. The summed E-state index contributed by atoms with van der Waals surface area (Å²) in [6.07, 6.45) is 1.52. The molecule has 0 spiro atoms. The van der Waals surface area contributed by atoms with Gasteiger partial charge in [-0.3, -0.25) is 4.79 Å². The predicted molar refractivity (Wildman–Crippen MR) is 77.8 cm³/mol. The van der Waals surface area contributed by atoms with Crippen LogP contribution in [-0.2, 0) is 0 Å². The predicted octanol–water partition coefficient (Wildman–Crippen LogP) is 2.80. The first kappa shape index (κ1) is 15.7. The Kier molecular flexibility index (Phi) is 4.16. The molecule has 0 atom stereocenters. The van der Waals surface area contributed by atoms with Crippen LogP contribution in [0.4, 0.5) is 14.5 Å². The smallest absolute Gasteiger partial charge is 0.282 e. The van der Waals surface area contributed by atoms with Gasteiger partial charge in [-0.15, -0.1) is 0 Å². The van der Waals surface area contributed by atoms with Crippen molar-refractivity contribution >= 4 is 11.6 Å². The highest BCUT2D eigenvalue weighted by molar-refractivity contribution is 5.98. The summed E-state index contributed by atoms with van der Waals surface area (Å²) >= 11 is 0. The van der Waals surface area contributed by atoms with Gasteiger partial charge >= 0.3 is 0 Å². The van der Waals surface area contributed by atoms with Crippen LogP contribution in [0.5, 0.6) is 0 Å². The molecule has 2 heterocycles. The number of alkyl halides is 2. The molecular formula is C15H21F2N3O. The lowest BCUT2D eigenvalue weighted by atomic mass is 10.1. The lowest BCUT2D eigenvalue weighted by Crippen LogP contribution is -2.57. The van der Waals surface area contributed by atoms with Crippen LogP contribution in [0.25, 0.3) is 0 Å². The molecule has 0 radical (unpaired) electrons. The number of hydrogen-bond acceptors (Lipinski definition) is 3. The Hall–Kier alpha value is -1.72. The molecule has 1 aliphatic rings. The Labute approximate surface area is 123 Å². The number of halogens is 2. The number of aromatic nitrogens is 1. The lowest BCUT2D eigenvalue weighted by Gasteiger charge is -2.41. The van der Waals surface area contributed by atoms with Crippen LogP contribution in [0, 0.1) is 0 Å². The molecule has 1 aromatic heterocycles. The van der Waals surface area contributed by atoms with Gasteiger partial charge < -0.3 is 9.80 Å². The maximum Gasteiger partial charge on any atom is 0.282 e. The summed E-state index contributed by atoms with van der Waals surface area (Å²) in [6, 6.07) is 3.38. The summed E-state index contributed by atoms with van der Waals surface area (Å²) in [5.41, 5.74) is 0.732. The average Bonchev–Trinajstić information content (AvgIpc) is 2.34. The summed E-state index contributed by atoms with van der Waals surface area (Å²) in [5.74, 6) is -2.89. The van der Waals surface area contributed by atoms with Crippen molar-refractivity contribution in [1.29, 1.82) is 0 Å². The number of rotatable bonds is 4. The molecule has 0 N–H and O–H groups in total. The quantitative estimate of drug-likeness (QED) is 0.857. The molecule has 1 aromatic rings. The number of nitrogens with zero attached hydrogens (tertiary/aromatic N) is 3. The van der Waals surface area contributed by atoms with Crippen molar-refractivity contribution in [1.82, 2.24) is 9.88 Å². The molecule has 6 heteroatoms. The van der Waals surface area contributed by atoms with Crippen molar-refractivity contribution in [3.8, 4) is 0 Å². The topological polar surface area (TPSA) is 36.4 Å². The van der Waals surface area contributed by atoms with Crippen molar-refractivity contribution in [3.05, 3.63) is 24.0 Å². The van der Waals surface area contributed by atoms with Crippen molar-refractivity contribution in [3.63, 3.8) is 0 Å². The van der Waals surface area contributed by atoms with Gasteiger partial charge in [-0.2, -0.15) is 0 Å². The van der Waals surface area contributed by atoms with Crippen molar-refractivity contribution < 1.29 is 13.6 Å². The third kappa shape index (κ3) is 3.14. The number of amides is 1. The normalized spacial score (nSPS) is 17.0. The minimum Gasteiger partial charge on any atom is -0.357 e. The third-order valence-electron chi connectivity index (χ3n) is 3.52. The highest BCUT2D eigenvalue weighted by atomic mass is 19.3. The zero-order valence-electron chi connectivity index (χ0n) is 12.8. The van der Waals surface area contributed by atoms with Crippen LogP contribution in [0.2, 0.25) is 0 Å². The molecule has 0 aliphatic carbocycles. The van der Waals surface area contributed by atoms with Gasteiger partial charge in [-0.1, -0.05) is 0 Å². The minimum atomic E-state index is -2.67. The Morgan fingerprint density at radius 1 is 1.29 bits per heavy atom. The number of pyridine rings is 1. The molecule has 1 fully saturated rings. The highest BCUT2D eigenvalue weighted by Gasteiger charge is 2.45. The van der Waals surface area contributed by atoms with Gasteiger partial charge in [0, 0.05) is 18.3 Å². The largest absolute Gasteiger partial charge is 0.357 e. The second-order valence-corrected chi connectivity index (χ2v) is 5.98. The number of carbonyl (C=O) groups is 1. The van der Waals surface area contributed by atoms with Crippen LogP contribution < -0.4 is 4.90 Å². The molecule has 0 aromatic carbocycles. The number of carbonyl (C=O) groups excluding carboxylic acids is 1. The fraction of sp³-hybridized carbons (Fsp3) is 0.600. The van der Waals surface area contributed by atoms with Crippen molar-refractivity contribution in [2.45, 2.75) is 45.7 Å². The summed E-state index contributed by atoms with van der Waals surface area (Å²) in [5, 5.41) is 0. The average molecular weight is 297 g/mol. The second-order valence-electron chi connectivity index (χ2n) is 5.98. The molecule has 2 rings (SSSR count). The summed E-state index contributed by atoms with van der Waals surface area (Å²) in [6.45, 7) is 7.00. The van der Waals surface area contributed by atoms with Gasteiger partial charge in [0.2, 0.25) is 0 Å². The maximum atomic E-state index is 13.1. The Balaban J connectivity index is 2.30. The zero-order valence-corrected chi connectivity index (χ0v) is 12.8. The third-order valence-corrected chi connectivity index (χ3v) is 3.52. The highest BCUT2D eigenvalue weighted by Crippen LogP contribution is 2.33. The van der Waals surface area contributed by atoms with E-state index in [0.29, 0.717) is 5.69 Å². The fourth-order valence-electron chi connectivity index (χ4n) is 2.69. The van der Waals surface area contributed by atoms with Crippen LogP contribution in [0.3, 0.4) is 0 Å². The van der Waals surface area contributed by atoms with Crippen LogP contribution in [0.1, 0.15) is 38.2 Å². The first-order valence-electron chi connectivity index (χ1n) is 7.13. The molecule has 1 saturated heterocycles. The molecular weight excluding hydrogens is 276 g/mol. The van der Waals surface area contributed by atoms with E-state index in [9.17, 15) is 13.6 Å². The first-order chi connectivity index (χ1) is 9.73. The summed E-state index contributed by atoms with van der Waals surface area (Å²) < 4.78 is 26.1. The van der Waals surface area contributed by atoms with Gasteiger partial charge in [0.15, 0.2) is 5.69 Å². The van der Waals surface area contributed by atoms with Crippen LogP contribution >= 0.6 is 0 Å². The molecule has 0 bridgehead atoms. The molecule has 4 nitrogen and oxygen atoms in total. The minimum absolute atomic E-state index is 0.0187.